The van der Waals surface area contributed by atoms with E-state index in [4.69, 9.17) is 9.47 Å². The molecule has 0 spiro atoms. The van der Waals surface area contributed by atoms with Gasteiger partial charge in [0.05, 0.1) is 13.2 Å². The van der Waals surface area contributed by atoms with Gasteiger partial charge in [-0.3, -0.25) is 4.79 Å². The van der Waals surface area contributed by atoms with Crippen molar-refractivity contribution >= 4 is 5.97 Å². The van der Waals surface area contributed by atoms with E-state index in [0.717, 1.165) is 30.6 Å². The number of carbonyl (C=O) groups is 1. The van der Waals surface area contributed by atoms with Crippen molar-refractivity contribution in [3.8, 4) is 5.75 Å². The van der Waals surface area contributed by atoms with Gasteiger partial charge in [0.15, 0.2) is 0 Å². The van der Waals surface area contributed by atoms with E-state index in [0.29, 0.717) is 19.6 Å². The predicted molar refractivity (Wildman–Crippen MR) is 70.6 cm³/mol. The molecular weight excluding hydrogens is 412 g/mol. The average molecular weight is 433 g/mol. The summed E-state index contributed by atoms with van der Waals surface area (Å²) in [5.74, 6) is 0.812. The van der Waals surface area contributed by atoms with Crippen LogP contribution in [0.4, 0.5) is 0 Å². The second-order valence-electron chi connectivity index (χ2n) is 4.16. The SMILES string of the molecule is CCOC(=O)CCCCCOc1cc[c-]cc1C.[W]. The number of aryl methyl sites for hydroxylation is 1. The van der Waals surface area contributed by atoms with Crippen LogP contribution in [0, 0.1) is 13.0 Å². The molecule has 0 amide bonds. The summed E-state index contributed by atoms with van der Waals surface area (Å²) in [6, 6.07) is 8.69. The van der Waals surface area contributed by atoms with Gasteiger partial charge in [-0.2, -0.15) is 18.2 Å². The number of unbranched alkanes of at least 4 members (excludes halogenated alkanes) is 2. The molecule has 19 heavy (non-hydrogen) atoms. The van der Waals surface area contributed by atoms with Gasteiger partial charge in [-0.15, -0.1) is 11.6 Å². The molecule has 1 aromatic rings. The number of ether oxygens (including phenoxy) is 2. The Morgan fingerprint density at radius 3 is 2.79 bits per heavy atom. The molecule has 106 valence electrons. The second-order valence-corrected chi connectivity index (χ2v) is 4.16. The topological polar surface area (TPSA) is 35.5 Å². The average Bonchev–Trinajstić information content (AvgIpc) is 2.36. The number of carbonyl (C=O) groups excluding carboxylic acids is 1. The summed E-state index contributed by atoms with van der Waals surface area (Å²) in [5, 5.41) is 0. The van der Waals surface area contributed by atoms with Crippen LogP contribution in [0.3, 0.4) is 0 Å². The summed E-state index contributed by atoms with van der Waals surface area (Å²) < 4.78 is 10.5. The van der Waals surface area contributed by atoms with Gasteiger partial charge in [0.2, 0.25) is 0 Å². The van der Waals surface area contributed by atoms with Crippen molar-refractivity contribution in [2.75, 3.05) is 13.2 Å². The fourth-order valence-corrected chi connectivity index (χ4v) is 1.62. The minimum Gasteiger partial charge on any atom is -0.519 e. The first-order valence-electron chi connectivity index (χ1n) is 6.49. The fraction of sp³-hybridized carbons (Fsp3) is 0.533. The molecule has 1 rings (SSSR count). The van der Waals surface area contributed by atoms with Crippen molar-refractivity contribution < 1.29 is 35.3 Å². The molecule has 0 fully saturated rings. The Hall–Kier alpha value is -0.822. The maximum Gasteiger partial charge on any atom is 0.305 e. The van der Waals surface area contributed by atoms with Gasteiger partial charge < -0.3 is 9.47 Å². The first-order valence-corrected chi connectivity index (χ1v) is 6.49. The van der Waals surface area contributed by atoms with Gasteiger partial charge >= 0.3 is 5.97 Å². The Morgan fingerprint density at radius 1 is 1.32 bits per heavy atom. The van der Waals surface area contributed by atoms with Crippen LogP contribution in [0.15, 0.2) is 18.2 Å². The van der Waals surface area contributed by atoms with E-state index < -0.39 is 0 Å². The predicted octanol–water partition coefficient (Wildman–Crippen LogP) is 3.30. The quantitative estimate of drug-likeness (QED) is 0.359. The summed E-state index contributed by atoms with van der Waals surface area (Å²) in [5.41, 5.74) is 1.10. The summed E-state index contributed by atoms with van der Waals surface area (Å²) in [6.07, 6.45) is 3.31. The number of hydrogen-bond donors (Lipinski definition) is 0. The molecule has 0 radical (unpaired) electrons. The summed E-state index contributed by atoms with van der Waals surface area (Å²) in [4.78, 5) is 11.1. The van der Waals surface area contributed by atoms with E-state index in [-0.39, 0.29) is 27.0 Å². The minimum atomic E-state index is -0.104. The Balaban J connectivity index is 0.00000324. The third-order valence-corrected chi connectivity index (χ3v) is 2.61. The van der Waals surface area contributed by atoms with E-state index >= 15 is 0 Å². The number of rotatable bonds is 8. The van der Waals surface area contributed by atoms with Gasteiger partial charge in [-0.05, 0) is 26.2 Å². The Morgan fingerprint density at radius 2 is 2.11 bits per heavy atom. The molecule has 0 bridgehead atoms. The van der Waals surface area contributed by atoms with Crippen LogP contribution in [-0.4, -0.2) is 19.2 Å². The van der Waals surface area contributed by atoms with Crippen LogP contribution in [0.2, 0.25) is 0 Å². The van der Waals surface area contributed by atoms with Crippen molar-refractivity contribution in [3.63, 3.8) is 0 Å². The van der Waals surface area contributed by atoms with E-state index in [1.807, 2.05) is 32.0 Å². The van der Waals surface area contributed by atoms with Crippen LogP contribution in [-0.2, 0) is 30.6 Å². The molecule has 0 aliphatic heterocycles. The van der Waals surface area contributed by atoms with Crippen molar-refractivity contribution in [1.29, 1.82) is 0 Å². The molecule has 3 nitrogen and oxygen atoms in total. The molecule has 0 heterocycles. The molecule has 1 aromatic carbocycles. The Labute approximate surface area is 129 Å². The van der Waals surface area contributed by atoms with Gasteiger partial charge in [0.1, 0.15) is 0 Å². The summed E-state index contributed by atoms with van der Waals surface area (Å²) >= 11 is 0. The van der Waals surface area contributed by atoms with Crippen LogP contribution in [0.25, 0.3) is 0 Å². The monoisotopic (exact) mass is 433 g/mol. The number of benzene rings is 1. The zero-order chi connectivity index (χ0) is 13.2. The van der Waals surface area contributed by atoms with E-state index in [1.165, 1.54) is 0 Å². The Bertz CT molecular complexity index is 366. The molecule has 4 heteroatoms. The molecule has 0 atom stereocenters. The van der Waals surface area contributed by atoms with Gasteiger partial charge in [-0.1, -0.05) is 6.92 Å². The molecule has 0 aromatic heterocycles. The molecular formula is C15H21O3W-. The zero-order valence-electron chi connectivity index (χ0n) is 11.6. The maximum absolute atomic E-state index is 11.1. The first-order chi connectivity index (χ1) is 8.74. The van der Waals surface area contributed by atoms with Crippen molar-refractivity contribution in [2.24, 2.45) is 0 Å². The van der Waals surface area contributed by atoms with Crippen LogP contribution >= 0.6 is 0 Å². The molecule has 0 N–H and O–H groups in total. The number of hydrogen-bond acceptors (Lipinski definition) is 3. The summed E-state index contributed by atoms with van der Waals surface area (Å²) in [6.45, 7) is 4.98. The standard InChI is InChI=1S/C15H21O3.W/c1-3-17-15(16)11-5-4-8-12-18-14-10-7-6-9-13(14)2;/h7,9-10H,3-5,8,11-12H2,1-2H3;/q-1;. The maximum atomic E-state index is 11.1. The fourth-order valence-electron chi connectivity index (χ4n) is 1.62. The van der Waals surface area contributed by atoms with Crippen LogP contribution < -0.4 is 4.74 Å². The Kier molecular flexibility index (Phi) is 10.6. The van der Waals surface area contributed by atoms with Crippen LogP contribution in [0.1, 0.15) is 38.2 Å². The molecule has 0 unspecified atom stereocenters. The van der Waals surface area contributed by atoms with Crippen molar-refractivity contribution in [3.05, 3.63) is 29.8 Å². The zero-order valence-corrected chi connectivity index (χ0v) is 14.5. The van der Waals surface area contributed by atoms with Gasteiger partial charge in [0.25, 0.3) is 0 Å². The second kappa shape index (κ2) is 11.0. The molecule has 0 aliphatic carbocycles. The smallest absolute Gasteiger partial charge is 0.305 e. The van der Waals surface area contributed by atoms with E-state index in [9.17, 15) is 4.79 Å². The third kappa shape index (κ3) is 8.05. The molecule has 0 saturated heterocycles. The van der Waals surface area contributed by atoms with Crippen molar-refractivity contribution in [2.45, 2.75) is 39.5 Å². The third-order valence-electron chi connectivity index (χ3n) is 2.61. The number of esters is 1. The van der Waals surface area contributed by atoms with Crippen LogP contribution in [0.5, 0.6) is 5.75 Å². The summed E-state index contributed by atoms with van der Waals surface area (Å²) in [7, 11) is 0. The first kappa shape index (κ1) is 18.2. The molecule has 0 saturated carbocycles. The van der Waals surface area contributed by atoms with E-state index in [2.05, 4.69) is 6.07 Å². The van der Waals surface area contributed by atoms with Crippen molar-refractivity contribution in [1.82, 2.24) is 0 Å². The largest absolute Gasteiger partial charge is 0.519 e. The van der Waals surface area contributed by atoms with Gasteiger partial charge in [0, 0.05) is 33.2 Å². The normalized spacial score (nSPS) is 9.58. The molecule has 0 aliphatic rings. The minimum absolute atomic E-state index is 0. The van der Waals surface area contributed by atoms with Gasteiger partial charge in [-0.25, -0.2) is 0 Å². The van der Waals surface area contributed by atoms with E-state index in [1.54, 1.807) is 0 Å².